The summed E-state index contributed by atoms with van der Waals surface area (Å²) in [6.07, 6.45) is 2.17. The van der Waals surface area contributed by atoms with E-state index in [0.717, 1.165) is 12.8 Å². The summed E-state index contributed by atoms with van der Waals surface area (Å²) in [7, 11) is 3.11. The number of likely N-dealkylation sites (tertiary alicyclic amines) is 1. The number of hydrogen-bond donors (Lipinski definition) is 0. The van der Waals surface area contributed by atoms with Crippen molar-refractivity contribution in [1.82, 2.24) is 4.90 Å². The van der Waals surface area contributed by atoms with Crippen molar-refractivity contribution in [2.45, 2.75) is 38.3 Å². The molecule has 126 valence electrons. The van der Waals surface area contributed by atoms with Crippen LogP contribution >= 0.6 is 0 Å². The molecule has 0 N–H and O–H groups in total. The van der Waals surface area contributed by atoms with Gasteiger partial charge in [0.1, 0.15) is 19.5 Å². The third-order valence-electron chi connectivity index (χ3n) is 3.76. The summed E-state index contributed by atoms with van der Waals surface area (Å²) in [6, 6.07) is 2.00. The Labute approximate surface area is 132 Å². The number of rotatable bonds is 10. The second kappa shape index (κ2) is 10.5. The lowest BCUT2D eigenvalue weighted by atomic mass is 10.1. The number of nitriles is 1. The van der Waals surface area contributed by atoms with Gasteiger partial charge in [-0.25, -0.2) is 0 Å². The maximum atomic E-state index is 12.6. The minimum Gasteiger partial charge on any atom is -0.359 e. The fraction of sp³-hybridized carbons (Fsp3) is 0.867. The van der Waals surface area contributed by atoms with E-state index in [1.165, 1.54) is 0 Å². The number of carbonyl (C=O) groups excluding carboxylic acids is 1. The lowest BCUT2D eigenvalue weighted by Gasteiger charge is -2.31. The SMILES string of the molecule is CCC(C#N)C(=O)N1[C@@H](COCOC)CC[C@@H]1COCOC. The van der Waals surface area contributed by atoms with Crippen molar-refractivity contribution in [1.29, 1.82) is 5.26 Å². The highest BCUT2D eigenvalue weighted by Crippen LogP contribution is 2.27. The topological polar surface area (TPSA) is 81.0 Å². The van der Waals surface area contributed by atoms with E-state index >= 15 is 0 Å². The monoisotopic (exact) mass is 314 g/mol. The average molecular weight is 314 g/mol. The average Bonchev–Trinajstić information content (AvgIpc) is 2.92. The highest BCUT2D eigenvalue weighted by Gasteiger charge is 2.39. The highest BCUT2D eigenvalue weighted by atomic mass is 16.7. The highest BCUT2D eigenvalue weighted by molar-refractivity contribution is 5.82. The quantitative estimate of drug-likeness (QED) is 0.444. The van der Waals surface area contributed by atoms with E-state index in [-0.39, 0.29) is 31.6 Å². The molecule has 1 unspecified atom stereocenters. The van der Waals surface area contributed by atoms with Crippen molar-refractivity contribution in [3.05, 3.63) is 0 Å². The molecule has 0 aromatic heterocycles. The van der Waals surface area contributed by atoms with Crippen LogP contribution in [-0.4, -0.2) is 63.9 Å². The summed E-state index contributed by atoms with van der Waals surface area (Å²) in [5, 5.41) is 9.16. The zero-order valence-corrected chi connectivity index (χ0v) is 13.6. The van der Waals surface area contributed by atoms with Crippen LogP contribution in [-0.2, 0) is 23.7 Å². The molecule has 7 nitrogen and oxygen atoms in total. The molecule has 0 aromatic carbocycles. The van der Waals surface area contributed by atoms with E-state index in [1.807, 2.05) is 6.92 Å². The largest absolute Gasteiger partial charge is 0.359 e. The Hall–Kier alpha value is -1.20. The van der Waals surface area contributed by atoms with E-state index < -0.39 is 5.92 Å². The molecule has 22 heavy (non-hydrogen) atoms. The van der Waals surface area contributed by atoms with Gasteiger partial charge in [0.15, 0.2) is 0 Å². The summed E-state index contributed by atoms with van der Waals surface area (Å²) in [5.41, 5.74) is 0. The molecule has 0 spiro atoms. The smallest absolute Gasteiger partial charge is 0.240 e. The third-order valence-corrected chi connectivity index (χ3v) is 3.76. The van der Waals surface area contributed by atoms with Crippen LogP contribution in [0, 0.1) is 17.2 Å². The van der Waals surface area contributed by atoms with Crippen LogP contribution in [0.3, 0.4) is 0 Å². The fourth-order valence-corrected chi connectivity index (χ4v) is 2.68. The van der Waals surface area contributed by atoms with Crippen LogP contribution in [0.15, 0.2) is 0 Å². The first-order valence-electron chi connectivity index (χ1n) is 7.54. The van der Waals surface area contributed by atoms with Crippen molar-refractivity contribution in [3.8, 4) is 6.07 Å². The molecule has 0 bridgehead atoms. The second-order valence-corrected chi connectivity index (χ2v) is 5.28. The van der Waals surface area contributed by atoms with Crippen molar-refractivity contribution in [2.24, 2.45) is 5.92 Å². The minimum absolute atomic E-state index is 0.0406. The molecule has 1 fully saturated rings. The molecule has 1 heterocycles. The van der Waals surface area contributed by atoms with Gasteiger partial charge in [-0.15, -0.1) is 0 Å². The number of amides is 1. The fourth-order valence-electron chi connectivity index (χ4n) is 2.68. The molecule has 3 atom stereocenters. The molecule has 1 saturated heterocycles. The molecule has 0 aromatic rings. The molecule has 1 aliphatic heterocycles. The molecule has 1 aliphatic rings. The van der Waals surface area contributed by atoms with Gasteiger partial charge in [0.05, 0.1) is 31.4 Å². The summed E-state index contributed by atoms with van der Waals surface area (Å²) in [5.74, 6) is -0.757. The molecule has 0 radical (unpaired) electrons. The normalized spacial score (nSPS) is 22.5. The van der Waals surface area contributed by atoms with Gasteiger partial charge in [-0.3, -0.25) is 4.79 Å². The van der Waals surface area contributed by atoms with Gasteiger partial charge in [0, 0.05) is 14.2 Å². The van der Waals surface area contributed by atoms with Gasteiger partial charge in [-0.05, 0) is 19.3 Å². The molecule has 0 saturated carbocycles. The van der Waals surface area contributed by atoms with Crippen LogP contribution in [0.1, 0.15) is 26.2 Å². The van der Waals surface area contributed by atoms with Crippen LogP contribution < -0.4 is 0 Å². The second-order valence-electron chi connectivity index (χ2n) is 5.28. The van der Waals surface area contributed by atoms with Crippen molar-refractivity contribution >= 4 is 5.91 Å². The zero-order valence-electron chi connectivity index (χ0n) is 13.6. The molecule has 1 amide bonds. The standard InChI is InChI=1S/C15H26N2O5/c1-4-12(7-16)15(18)17-13(8-21-10-19-2)5-6-14(17)9-22-11-20-3/h12-14H,4-6,8-11H2,1-3H3/t12?,13-,14-/m1/s1. The van der Waals surface area contributed by atoms with Gasteiger partial charge in [-0.2, -0.15) is 5.26 Å². The Bertz CT molecular complexity index is 353. The molecule has 1 rings (SSSR count). The maximum absolute atomic E-state index is 12.6. The molecule has 7 heteroatoms. The predicted octanol–water partition coefficient (Wildman–Crippen LogP) is 1.14. The van der Waals surface area contributed by atoms with Crippen molar-refractivity contribution < 1.29 is 23.7 Å². The van der Waals surface area contributed by atoms with Gasteiger partial charge >= 0.3 is 0 Å². The van der Waals surface area contributed by atoms with Gasteiger partial charge in [0.25, 0.3) is 0 Å². The van der Waals surface area contributed by atoms with E-state index in [2.05, 4.69) is 6.07 Å². The first-order chi connectivity index (χ1) is 10.7. The molecule has 0 aliphatic carbocycles. The minimum atomic E-state index is -0.618. The van der Waals surface area contributed by atoms with Crippen LogP contribution in [0.5, 0.6) is 0 Å². The summed E-state index contributed by atoms with van der Waals surface area (Å²) >= 11 is 0. The Balaban J connectivity index is 2.72. The van der Waals surface area contributed by atoms with E-state index in [0.29, 0.717) is 19.6 Å². The Morgan fingerprint density at radius 3 is 2.05 bits per heavy atom. The van der Waals surface area contributed by atoms with Gasteiger partial charge < -0.3 is 23.8 Å². The number of ether oxygens (including phenoxy) is 4. The first-order valence-corrected chi connectivity index (χ1v) is 7.54. The van der Waals surface area contributed by atoms with E-state index in [9.17, 15) is 4.79 Å². The van der Waals surface area contributed by atoms with Crippen molar-refractivity contribution in [2.75, 3.05) is 41.0 Å². The summed E-state index contributed by atoms with van der Waals surface area (Å²) < 4.78 is 20.6. The Kier molecular flexibility index (Phi) is 9.01. The summed E-state index contributed by atoms with van der Waals surface area (Å²) in [4.78, 5) is 14.4. The Morgan fingerprint density at radius 2 is 1.68 bits per heavy atom. The lowest BCUT2D eigenvalue weighted by molar-refractivity contribution is -0.142. The number of methoxy groups -OCH3 is 2. The number of hydrogen-bond acceptors (Lipinski definition) is 6. The van der Waals surface area contributed by atoms with E-state index in [1.54, 1.807) is 19.1 Å². The van der Waals surface area contributed by atoms with E-state index in [4.69, 9.17) is 24.2 Å². The first kappa shape index (κ1) is 18.8. The number of nitrogens with zero attached hydrogens (tertiary/aromatic N) is 2. The van der Waals surface area contributed by atoms with Crippen molar-refractivity contribution in [3.63, 3.8) is 0 Å². The third kappa shape index (κ3) is 5.21. The maximum Gasteiger partial charge on any atom is 0.240 e. The van der Waals surface area contributed by atoms with Gasteiger partial charge in [0.2, 0.25) is 5.91 Å². The Morgan fingerprint density at radius 1 is 1.18 bits per heavy atom. The van der Waals surface area contributed by atoms with Crippen LogP contribution in [0.4, 0.5) is 0 Å². The van der Waals surface area contributed by atoms with Gasteiger partial charge in [-0.1, -0.05) is 6.92 Å². The van der Waals surface area contributed by atoms with Crippen LogP contribution in [0.2, 0.25) is 0 Å². The molecular weight excluding hydrogens is 288 g/mol. The zero-order chi connectivity index (χ0) is 16.4. The predicted molar refractivity (Wildman–Crippen MR) is 78.7 cm³/mol. The van der Waals surface area contributed by atoms with Crippen LogP contribution in [0.25, 0.3) is 0 Å². The molecular formula is C15H26N2O5. The number of carbonyl (C=O) groups is 1. The lowest BCUT2D eigenvalue weighted by Crippen LogP contribution is -2.47. The summed E-state index contributed by atoms with van der Waals surface area (Å²) in [6.45, 7) is 3.04.